The molecule has 8 heteroatoms. The maximum Gasteiger partial charge on any atom is 0.433 e. The Labute approximate surface area is 133 Å². The smallest absolute Gasteiger partial charge is 0.431 e. The van der Waals surface area contributed by atoms with Gasteiger partial charge >= 0.3 is 5.88 Å². The van der Waals surface area contributed by atoms with Crippen LogP contribution >= 0.6 is 11.8 Å². The number of benzene rings is 1. The first-order chi connectivity index (χ1) is 11.1. The Hall–Kier alpha value is -2.87. The summed E-state index contributed by atoms with van der Waals surface area (Å²) in [4.78, 5) is 14.0. The molecule has 0 atom stereocenters. The number of oxazole rings is 1. The number of nitrogens with zero attached hydrogens (tertiary/aromatic N) is 2. The van der Waals surface area contributed by atoms with Crippen LogP contribution in [0.1, 0.15) is 5.76 Å². The summed E-state index contributed by atoms with van der Waals surface area (Å²) in [6, 6.07) is 8.66. The third-order valence-corrected chi connectivity index (χ3v) is 3.47. The van der Waals surface area contributed by atoms with Gasteiger partial charge in [-0.1, -0.05) is 0 Å². The molecule has 2 heterocycles. The molecule has 23 heavy (non-hydrogen) atoms. The minimum atomic E-state index is -0.604. The second kappa shape index (κ2) is 6.49. The highest BCUT2D eigenvalue weighted by atomic mass is 32.2. The molecular weight excluding hydrogens is 323 g/mol. The molecule has 0 saturated carbocycles. The van der Waals surface area contributed by atoms with E-state index in [9.17, 15) is 14.5 Å². The Balaban J connectivity index is 1.65. The molecule has 0 radical (unpaired) electrons. The predicted octanol–water partition coefficient (Wildman–Crippen LogP) is 4.74. The molecule has 0 saturated heterocycles. The SMILES string of the molecule is O=[N+]([O-])c1ccc(/C=C/Sc2ncc(-c3ccc(F)cc3)o2)o1. The van der Waals surface area contributed by atoms with Gasteiger partial charge in [0, 0.05) is 5.56 Å². The lowest BCUT2D eigenvalue weighted by Gasteiger charge is -1.94. The molecule has 0 aliphatic rings. The molecule has 6 nitrogen and oxygen atoms in total. The van der Waals surface area contributed by atoms with Gasteiger partial charge in [0.25, 0.3) is 5.22 Å². The van der Waals surface area contributed by atoms with Crippen molar-refractivity contribution in [1.29, 1.82) is 0 Å². The molecule has 0 spiro atoms. The van der Waals surface area contributed by atoms with Gasteiger partial charge in [0.05, 0.1) is 12.3 Å². The summed E-state index contributed by atoms with van der Waals surface area (Å²) in [5, 5.41) is 12.5. The molecule has 0 fully saturated rings. The molecule has 3 rings (SSSR count). The maximum absolute atomic E-state index is 12.9. The van der Waals surface area contributed by atoms with Gasteiger partial charge in [-0.05, 0) is 53.6 Å². The standard InChI is InChI=1S/C15H9FN2O4S/c16-11-3-1-10(2-4-11)13-9-17-15(22-13)23-8-7-12-5-6-14(21-12)18(19)20/h1-9H/b8-7+. The van der Waals surface area contributed by atoms with Gasteiger partial charge in [-0.3, -0.25) is 10.1 Å². The summed E-state index contributed by atoms with van der Waals surface area (Å²) in [5.41, 5.74) is 0.719. The molecule has 0 unspecified atom stereocenters. The summed E-state index contributed by atoms with van der Waals surface area (Å²) in [5.74, 6) is 0.242. The summed E-state index contributed by atoms with van der Waals surface area (Å²) >= 11 is 1.19. The highest BCUT2D eigenvalue weighted by Crippen LogP contribution is 2.27. The Morgan fingerprint density at radius 2 is 1.96 bits per heavy atom. The van der Waals surface area contributed by atoms with Gasteiger partial charge in [-0.15, -0.1) is 0 Å². The number of halogens is 1. The minimum Gasteiger partial charge on any atom is -0.431 e. The Bertz CT molecular complexity index is 855. The number of nitro groups is 1. The lowest BCUT2D eigenvalue weighted by atomic mass is 10.2. The largest absolute Gasteiger partial charge is 0.433 e. The van der Waals surface area contributed by atoms with Gasteiger partial charge < -0.3 is 8.83 Å². The predicted molar refractivity (Wildman–Crippen MR) is 82.2 cm³/mol. The summed E-state index contributed by atoms with van der Waals surface area (Å²) in [6.45, 7) is 0. The van der Waals surface area contributed by atoms with Gasteiger partial charge in [-0.25, -0.2) is 9.37 Å². The fourth-order valence-electron chi connectivity index (χ4n) is 1.75. The Morgan fingerprint density at radius 1 is 1.17 bits per heavy atom. The monoisotopic (exact) mass is 332 g/mol. The summed E-state index contributed by atoms with van der Waals surface area (Å²) in [7, 11) is 0. The Kier molecular flexibility index (Phi) is 4.24. The second-order valence-corrected chi connectivity index (χ2v) is 5.21. The summed E-state index contributed by atoms with van der Waals surface area (Å²) < 4.78 is 23.4. The van der Waals surface area contributed by atoms with Crippen molar-refractivity contribution in [1.82, 2.24) is 4.98 Å². The first kappa shape index (κ1) is 15.0. The van der Waals surface area contributed by atoms with Crippen molar-refractivity contribution in [2.45, 2.75) is 5.22 Å². The first-order valence-electron chi connectivity index (χ1n) is 6.41. The van der Waals surface area contributed by atoms with Crippen LogP contribution in [0.15, 0.2) is 62.1 Å². The maximum atomic E-state index is 12.9. The van der Waals surface area contributed by atoms with Crippen molar-refractivity contribution in [3.05, 3.63) is 69.7 Å². The number of furan rings is 1. The number of rotatable bonds is 5. The van der Waals surface area contributed by atoms with E-state index in [1.165, 1.54) is 36.0 Å². The fraction of sp³-hybridized carbons (Fsp3) is 0. The van der Waals surface area contributed by atoms with Gasteiger partial charge in [-0.2, -0.15) is 0 Å². The van der Waals surface area contributed by atoms with Crippen LogP contribution < -0.4 is 0 Å². The van der Waals surface area contributed by atoms with Crippen molar-refractivity contribution in [2.75, 3.05) is 0 Å². The molecule has 0 aliphatic carbocycles. The third-order valence-electron chi connectivity index (χ3n) is 2.81. The zero-order valence-corrected chi connectivity index (χ0v) is 12.3. The van der Waals surface area contributed by atoms with E-state index < -0.39 is 4.92 Å². The zero-order valence-electron chi connectivity index (χ0n) is 11.5. The van der Waals surface area contributed by atoms with Crippen molar-refractivity contribution in [2.24, 2.45) is 0 Å². The third kappa shape index (κ3) is 3.67. The summed E-state index contributed by atoms with van der Waals surface area (Å²) in [6.07, 6.45) is 3.11. The van der Waals surface area contributed by atoms with Crippen molar-refractivity contribution in [3.8, 4) is 11.3 Å². The first-order valence-corrected chi connectivity index (χ1v) is 7.29. The van der Waals surface area contributed by atoms with E-state index in [4.69, 9.17) is 8.83 Å². The van der Waals surface area contributed by atoms with Gasteiger partial charge in [0.2, 0.25) is 0 Å². The molecule has 0 bridgehead atoms. The van der Waals surface area contributed by atoms with E-state index in [2.05, 4.69) is 4.98 Å². The highest BCUT2D eigenvalue weighted by Gasteiger charge is 2.10. The normalized spacial score (nSPS) is 11.2. The number of hydrogen-bond acceptors (Lipinski definition) is 6. The molecule has 3 aromatic rings. The van der Waals surface area contributed by atoms with Crippen LogP contribution in [0.2, 0.25) is 0 Å². The lowest BCUT2D eigenvalue weighted by molar-refractivity contribution is -0.402. The lowest BCUT2D eigenvalue weighted by Crippen LogP contribution is -1.82. The van der Waals surface area contributed by atoms with Crippen LogP contribution in [0.3, 0.4) is 0 Å². The molecular formula is C15H9FN2O4S. The van der Waals surface area contributed by atoms with Crippen LogP contribution in [0.5, 0.6) is 0 Å². The van der Waals surface area contributed by atoms with Crippen LogP contribution in [0.25, 0.3) is 17.4 Å². The topological polar surface area (TPSA) is 82.3 Å². The van der Waals surface area contributed by atoms with E-state index in [0.29, 0.717) is 16.7 Å². The van der Waals surface area contributed by atoms with Crippen LogP contribution in [0, 0.1) is 15.9 Å². The van der Waals surface area contributed by atoms with E-state index in [0.717, 1.165) is 5.56 Å². The van der Waals surface area contributed by atoms with Crippen LogP contribution in [-0.4, -0.2) is 9.91 Å². The van der Waals surface area contributed by atoms with Crippen molar-refractivity contribution >= 4 is 23.7 Å². The van der Waals surface area contributed by atoms with E-state index in [-0.39, 0.29) is 11.7 Å². The number of thioether (sulfide) groups is 1. The van der Waals surface area contributed by atoms with Crippen LogP contribution in [0.4, 0.5) is 10.3 Å². The zero-order chi connectivity index (χ0) is 16.2. The average molecular weight is 332 g/mol. The van der Waals surface area contributed by atoms with E-state index >= 15 is 0 Å². The van der Waals surface area contributed by atoms with E-state index in [1.54, 1.807) is 29.8 Å². The van der Waals surface area contributed by atoms with Gasteiger partial charge in [0.1, 0.15) is 16.5 Å². The second-order valence-electron chi connectivity index (χ2n) is 4.35. The minimum absolute atomic E-state index is 0.315. The molecule has 116 valence electrons. The van der Waals surface area contributed by atoms with Crippen molar-refractivity contribution in [3.63, 3.8) is 0 Å². The quantitative estimate of drug-likeness (QED) is 0.381. The van der Waals surface area contributed by atoms with Crippen LogP contribution in [-0.2, 0) is 0 Å². The molecule has 0 amide bonds. The molecule has 0 N–H and O–H groups in total. The Morgan fingerprint density at radius 3 is 2.65 bits per heavy atom. The highest BCUT2D eigenvalue weighted by molar-refractivity contribution is 8.02. The number of hydrogen-bond donors (Lipinski definition) is 0. The molecule has 1 aromatic carbocycles. The van der Waals surface area contributed by atoms with Crippen molar-refractivity contribution < 1.29 is 18.1 Å². The molecule has 2 aromatic heterocycles. The average Bonchev–Trinajstić information content (AvgIpc) is 3.18. The van der Waals surface area contributed by atoms with Gasteiger partial charge in [0.15, 0.2) is 5.76 Å². The fourth-order valence-corrected chi connectivity index (χ4v) is 2.32. The van der Waals surface area contributed by atoms with E-state index in [1.807, 2.05) is 0 Å². The number of aromatic nitrogens is 1. The molecule has 0 aliphatic heterocycles.